The van der Waals surface area contributed by atoms with Gasteiger partial charge in [0, 0.05) is 61.5 Å². The molecule has 0 spiro atoms. The average molecular weight is 677 g/mol. The Morgan fingerprint density at radius 3 is 2.24 bits per heavy atom. The summed E-state index contributed by atoms with van der Waals surface area (Å²) in [6.07, 6.45) is 8.67. The van der Waals surface area contributed by atoms with E-state index >= 15 is 0 Å². The molecule has 0 saturated carbocycles. The molecule has 0 aliphatic rings. The Morgan fingerprint density at radius 2 is 1.65 bits per heavy atom. The van der Waals surface area contributed by atoms with E-state index in [-0.39, 0.29) is 43.5 Å². The summed E-state index contributed by atoms with van der Waals surface area (Å²) < 4.78 is 2.19. The quantitative estimate of drug-likeness (QED) is 0.117. The first-order valence-electron chi connectivity index (χ1n) is 13.0. The molecule has 6 heteroatoms. The summed E-state index contributed by atoms with van der Waals surface area (Å²) in [5.74, 6) is 0.547. The van der Waals surface area contributed by atoms with Crippen LogP contribution in [-0.2, 0) is 24.9 Å². The molecular weight excluding hydrogens is 639 g/mol. The molecule has 0 unspecified atom stereocenters. The van der Waals surface area contributed by atoms with Gasteiger partial charge in [-0.1, -0.05) is 33.8 Å². The molecule has 37 heavy (non-hydrogen) atoms. The average Bonchev–Trinajstić information content (AvgIpc) is 3.19. The van der Waals surface area contributed by atoms with Crippen LogP contribution in [0, 0.1) is 31.7 Å². The number of carbonyl (C=O) groups is 1. The number of ketones is 1. The standard InChI is InChI=1S/C18H14N3.C13H24O2.Ir/c1-12-8-18-20-11-15-10-19-16(14-6-4-3-5-7-14)9-17(15)21(18)13(12)2;1-5-10(6-2)12(14)9-13(15)11(7-3)8-4;/h3-6,8-11H,1-2H3;9-11,14H,5-8H2,1-4H3;/q-1;;/b;12-9-;. The van der Waals surface area contributed by atoms with Crippen LogP contribution in [-0.4, -0.2) is 25.3 Å². The molecule has 5 nitrogen and oxygen atoms in total. The molecule has 3 heterocycles. The number of benzene rings is 1. The number of aliphatic hydroxyl groups excluding tert-OH is 1. The molecule has 0 fully saturated rings. The molecular formula is C31H38IrN3O2-. The summed E-state index contributed by atoms with van der Waals surface area (Å²) in [6, 6.07) is 15.4. The van der Waals surface area contributed by atoms with Gasteiger partial charge in [-0.2, -0.15) is 0 Å². The molecule has 1 N–H and O–H groups in total. The van der Waals surface area contributed by atoms with Crippen molar-refractivity contribution >= 4 is 22.3 Å². The van der Waals surface area contributed by atoms with Crippen molar-refractivity contribution < 1.29 is 30.0 Å². The number of hydrogen-bond donors (Lipinski definition) is 1. The van der Waals surface area contributed by atoms with E-state index in [0.717, 1.165) is 53.5 Å². The second-order valence-corrected chi connectivity index (χ2v) is 9.27. The second-order valence-electron chi connectivity index (χ2n) is 9.27. The van der Waals surface area contributed by atoms with Gasteiger partial charge in [0.25, 0.3) is 0 Å². The van der Waals surface area contributed by atoms with Crippen LogP contribution in [0.25, 0.3) is 27.8 Å². The van der Waals surface area contributed by atoms with Crippen LogP contribution >= 0.6 is 0 Å². The van der Waals surface area contributed by atoms with Crippen molar-refractivity contribution in [1.29, 1.82) is 0 Å². The van der Waals surface area contributed by atoms with Crippen molar-refractivity contribution in [1.82, 2.24) is 14.4 Å². The number of rotatable bonds is 8. The van der Waals surface area contributed by atoms with Crippen molar-refractivity contribution in [3.05, 3.63) is 78.0 Å². The molecule has 3 aromatic heterocycles. The van der Waals surface area contributed by atoms with Crippen molar-refractivity contribution in [3.63, 3.8) is 0 Å². The van der Waals surface area contributed by atoms with Gasteiger partial charge in [-0.25, -0.2) is 4.98 Å². The van der Waals surface area contributed by atoms with Crippen LogP contribution in [0.2, 0.25) is 0 Å². The van der Waals surface area contributed by atoms with E-state index in [9.17, 15) is 9.90 Å². The number of carbonyl (C=O) groups excluding carboxylic acids is 1. The number of fused-ring (bicyclic) bond motifs is 3. The van der Waals surface area contributed by atoms with Crippen LogP contribution in [0.4, 0.5) is 0 Å². The topological polar surface area (TPSA) is 67.5 Å². The number of aryl methyl sites for hydroxylation is 2. The SMILES string of the molecule is CCC(CC)C(=O)/C=C(\O)C(CC)CC.Cc1cc2ncc3cnc(-c4[c-]cccc4)cc3n2c1C.[Ir]. The van der Waals surface area contributed by atoms with Gasteiger partial charge in [0.1, 0.15) is 5.65 Å². The van der Waals surface area contributed by atoms with Crippen LogP contribution in [0.1, 0.15) is 64.6 Å². The van der Waals surface area contributed by atoms with E-state index in [1.807, 2.05) is 64.4 Å². The van der Waals surface area contributed by atoms with Gasteiger partial charge >= 0.3 is 0 Å². The van der Waals surface area contributed by atoms with E-state index in [0.29, 0.717) is 0 Å². The van der Waals surface area contributed by atoms with Crippen molar-refractivity contribution in [2.75, 3.05) is 0 Å². The van der Waals surface area contributed by atoms with Gasteiger partial charge < -0.3 is 10.1 Å². The number of hydrogen-bond acceptors (Lipinski definition) is 4. The first-order valence-corrected chi connectivity index (χ1v) is 13.0. The maximum atomic E-state index is 11.7. The van der Waals surface area contributed by atoms with Gasteiger partial charge in [-0.3, -0.25) is 9.20 Å². The monoisotopic (exact) mass is 677 g/mol. The zero-order chi connectivity index (χ0) is 26.2. The Morgan fingerprint density at radius 1 is 1.00 bits per heavy atom. The fraction of sp³-hybridized carbons (Fsp3) is 0.387. The molecule has 199 valence electrons. The summed E-state index contributed by atoms with van der Waals surface area (Å²) >= 11 is 0. The third-order valence-corrected chi connectivity index (χ3v) is 7.04. The largest absolute Gasteiger partial charge is 0.512 e. The third-order valence-electron chi connectivity index (χ3n) is 7.04. The van der Waals surface area contributed by atoms with E-state index in [1.54, 1.807) is 0 Å². The minimum atomic E-state index is 0. The smallest absolute Gasteiger partial charge is 0.162 e. The number of nitrogens with zero attached hydrogens (tertiary/aromatic N) is 3. The van der Waals surface area contributed by atoms with E-state index in [2.05, 4.69) is 46.4 Å². The molecule has 1 radical (unpaired) electrons. The molecule has 0 aliphatic carbocycles. The van der Waals surface area contributed by atoms with Gasteiger partial charge in [0.15, 0.2) is 5.78 Å². The minimum absolute atomic E-state index is 0. The molecule has 1 aromatic carbocycles. The summed E-state index contributed by atoms with van der Waals surface area (Å²) in [4.78, 5) is 20.8. The second kappa shape index (κ2) is 14.2. The number of aromatic nitrogens is 3. The van der Waals surface area contributed by atoms with Gasteiger partial charge in [-0.15, -0.1) is 35.9 Å². The van der Waals surface area contributed by atoms with Crippen molar-refractivity contribution in [2.24, 2.45) is 11.8 Å². The van der Waals surface area contributed by atoms with Crippen LogP contribution in [0.3, 0.4) is 0 Å². The van der Waals surface area contributed by atoms with Crippen molar-refractivity contribution in [3.8, 4) is 11.3 Å². The Kier molecular flexibility index (Phi) is 11.7. The molecule has 0 bridgehead atoms. The van der Waals surface area contributed by atoms with Gasteiger partial charge in [-0.05, 0) is 56.9 Å². The predicted octanol–water partition coefficient (Wildman–Crippen LogP) is 7.83. The first-order chi connectivity index (χ1) is 17.3. The number of aliphatic hydroxyl groups is 1. The Bertz CT molecular complexity index is 1340. The normalized spacial score (nSPS) is 11.5. The van der Waals surface area contributed by atoms with Gasteiger partial charge in [0.05, 0.1) is 11.3 Å². The number of allylic oxidation sites excluding steroid dienone is 2. The van der Waals surface area contributed by atoms with Crippen LogP contribution in [0.5, 0.6) is 0 Å². The zero-order valence-corrected chi connectivity index (χ0v) is 25.1. The minimum Gasteiger partial charge on any atom is -0.512 e. The summed E-state index contributed by atoms with van der Waals surface area (Å²) in [7, 11) is 0. The number of pyridine rings is 1. The van der Waals surface area contributed by atoms with Crippen molar-refractivity contribution in [2.45, 2.75) is 67.2 Å². The van der Waals surface area contributed by atoms with Crippen LogP contribution < -0.4 is 0 Å². The molecule has 0 amide bonds. The molecule has 4 aromatic rings. The molecule has 0 atom stereocenters. The first kappa shape index (κ1) is 30.4. The summed E-state index contributed by atoms with van der Waals surface area (Å²) in [6.45, 7) is 12.3. The predicted molar refractivity (Wildman–Crippen MR) is 148 cm³/mol. The fourth-order valence-electron chi connectivity index (χ4n) is 4.47. The maximum Gasteiger partial charge on any atom is 0.162 e. The molecule has 4 rings (SSSR count). The molecule has 0 aliphatic heterocycles. The van der Waals surface area contributed by atoms with E-state index in [1.165, 1.54) is 17.3 Å². The zero-order valence-electron chi connectivity index (χ0n) is 22.7. The Hall–Kier alpha value is -2.82. The molecule has 0 saturated heterocycles. The van der Waals surface area contributed by atoms with Gasteiger partial charge in [0.2, 0.25) is 0 Å². The van der Waals surface area contributed by atoms with E-state index < -0.39 is 0 Å². The summed E-state index contributed by atoms with van der Waals surface area (Å²) in [5.41, 5.74) is 6.52. The maximum absolute atomic E-state index is 11.7. The van der Waals surface area contributed by atoms with E-state index in [4.69, 9.17) is 0 Å². The Balaban J connectivity index is 0.000000271. The Labute approximate surface area is 234 Å². The van der Waals surface area contributed by atoms with Crippen LogP contribution in [0.15, 0.2) is 60.6 Å². The third kappa shape index (κ3) is 7.15. The fourth-order valence-corrected chi connectivity index (χ4v) is 4.47. The summed E-state index contributed by atoms with van der Waals surface area (Å²) in [5, 5.41) is 10.8.